The molecule has 5 nitrogen and oxygen atoms in total. The number of halogens is 2. The Hall–Kier alpha value is -4.55. The highest BCUT2D eigenvalue weighted by Crippen LogP contribution is 2.62. The van der Waals surface area contributed by atoms with Crippen LogP contribution in [0.5, 0.6) is 0 Å². The highest BCUT2D eigenvalue weighted by molar-refractivity contribution is 6.30. The normalized spacial score (nSPS) is 23.9. The third kappa shape index (κ3) is 3.36. The van der Waals surface area contributed by atoms with Gasteiger partial charge in [0.25, 0.3) is 0 Å². The molecule has 7 rings (SSSR count). The first kappa shape index (κ1) is 24.5. The Morgan fingerprint density at radius 2 is 1.48 bits per heavy atom. The lowest BCUT2D eigenvalue weighted by molar-refractivity contribution is -0.122. The number of hydrogen-bond acceptors (Lipinski definition) is 4. The fraction of sp³-hybridized carbons (Fsp3) is 0.121. The maximum atomic E-state index is 14.6. The van der Waals surface area contributed by atoms with Gasteiger partial charge in [-0.15, -0.1) is 0 Å². The second-order valence-electron chi connectivity index (χ2n) is 10.3. The standard InChI is InChI=1S/C33H22ClFN2O3/c34-22-13-9-21(10-14-22)30(39)28-27(29(38)20-11-15-23(35)16-12-20)33(25-7-3-4-8-26(25)36-32(33)40)31-24-6-2-1-5-19(24)17-18-37(28)31/h1-18,27-28,31H,(H,36,40)/t27-,28-,31+,33+/m1/s1. The molecule has 1 N–H and O–H groups in total. The molecule has 196 valence electrons. The number of carbonyl (C=O) groups excluding carboxylic acids is 3. The Bertz CT molecular complexity index is 1730. The van der Waals surface area contributed by atoms with Crippen LogP contribution in [0, 0.1) is 11.7 Å². The van der Waals surface area contributed by atoms with E-state index in [0.717, 1.165) is 11.1 Å². The van der Waals surface area contributed by atoms with Crippen LogP contribution in [-0.2, 0) is 10.2 Å². The summed E-state index contributed by atoms with van der Waals surface area (Å²) < 4.78 is 13.9. The van der Waals surface area contributed by atoms with Crippen molar-refractivity contribution >= 4 is 40.8 Å². The van der Waals surface area contributed by atoms with Gasteiger partial charge in [-0.05, 0) is 77.4 Å². The third-order valence-electron chi connectivity index (χ3n) is 8.38. The van der Waals surface area contributed by atoms with E-state index in [4.69, 9.17) is 11.6 Å². The number of fused-ring (bicyclic) bond motifs is 6. The lowest BCUT2D eigenvalue weighted by Crippen LogP contribution is -2.49. The van der Waals surface area contributed by atoms with Gasteiger partial charge in [-0.2, -0.15) is 0 Å². The molecule has 0 aromatic heterocycles. The van der Waals surface area contributed by atoms with E-state index in [9.17, 15) is 18.8 Å². The second-order valence-corrected chi connectivity index (χ2v) is 10.8. The van der Waals surface area contributed by atoms with E-state index < -0.39 is 35.0 Å². The first-order valence-corrected chi connectivity index (χ1v) is 13.3. The number of para-hydroxylation sites is 1. The number of Topliss-reactive ketones (excluding diaryl/α,β-unsaturated/α-hetero) is 2. The van der Waals surface area contributed by atoms with Crippen molar-refractivity contribution in [3.8, 4) is 0 Å². The number of nitrogens with zero attached hydrogens (tertiary/aromatic N) is 1. The van der Waals surface area contributed by atoms with E-state index >= 15 is 0 Å². The van der Waals surface area contributed by atoms with Crippen LogP contribution in [0.2, 0.25) is 5.02 Å². The molecule has 4 aromatic rings. The summed E-state index contributed by atoms with van der Waals surface area (Å²) in [5, 5.41) is 3.49. The quantitative estimate of drug-likeness (QED) is 0.297. The summed E-state index contributed by atoms with van der Waals surface area (Å²) in [5.74, 6) is -2.66. The van der Waals surface area contributed by atoms with E-state index in [0.29, 0.717) is 21.8 Å². The molecule has 0 unspecified atom stereocenters. The van der Waals surface area contributed by atoms with Gasteiger partial charge in [0, 0.05) is 28.0 Å². The Morgan fingerprint density at radius 1 is 0.825 bits per heavy atom. The molecule has 0 saturated carbocycles. The fourth-order valence-electron chi connectivity index (χ4n) is 6.75. The Kier molecular flexibility index (Phi) is 5.51. The van der Waals surface area contributed by atoms with E-state index in [1.807, 2.05) is 65.7 Å². The minimum absolute atomic E-state index is 0.231. The van der Waals surface area contributed by atoms with Gasteiger partial charge in [0.15, 0.2) is 11.6 Å². The molecular weight excluding hydrogens is 527 g/mol. The molecule has 3 aliphatic rings. The van der Waals surface area contributed by atoms with Crippen molar-refractivity contribution in [1.29, 1.82) is 0 Å². The van der Waals surface area contributed by atoms with Crippen LogP contribution in [-0.4, -0.2) is 28.4 Å². The van der Waals surface area contributed by atoms with Crippen LogP contribution in [0.1, 0.15) is 43.4 Å². The van der Waals surface area contributed by atoms with E-state index in [1.54, 1.807) is 24.3 Å². The van der Waals surface area contributed by atoms with Crippen molar-refractivity contribution in [1.82, 2.24) is 4.90 Å². The zero-order valence-corrected chi connectivity index (χ0v) is 21.8. The van der Waals surface area contributed by atoms with Crippen molar-refractivity contribution in [2.24, 2.45) is 5.92 Å². The lowest BCUT2D eigenvalue weighted by Gasteiger charge is -2.38. The fourth-order valence-corrected chi connectivity index (χ4v) is 6.87. The number of nitrogens with one attached hydrogen (secondary N) is 1. The average molecular weight is 549 g/mol. The molecule has 1 saturated heterocycles. The largest absolute Gasteiger partial charge is 0.358 e. The monoisotopic (exact) mass is 548 g/mol. The van der Waals surface area contributed by atoms with Crippen molar-refractivity contribution in [2.45, 2.75) is 17.5 Å². The molecule has 1 fully saturated rings. The van der Waals surface area contributed by atoms with Gasteiger partial charge in [0.2, 0.25) is 5.91 Å². The molecule has 0 bridgehead atoms. The zero-order chi connectivity index (χ0) is 27.6. The average Bonchev–Trinajstić information content (AvgIpc) is 3.45. The zero-order valence-electron chi connectivity index (χ0n) is 21.1. The maximum absolute atomic E-state index is 14.6. The van der Waals surface area contributed by atoms with Gasteiger partial charge >= 0.3 is 0 Å². The summed E-state index contributed by atoms with van der Waals surface area (Å²) in [7, 11) is 0. The summed E-state index contributed by atoms with van der Waals surface area (Å²) in [6, 6.07) is 25.2. The number of carbonyl (C=O) groups is 3. The SMILES string of the molecule is O=C(c1ccc(Cl)cc1)[C@H]1[C@H](C(=O)c2ccc(F)cc2)[C@]2(C(=O)Nc3ccccc32)[C@@H]2c3ccccc3C=CN21. The predicted octanol–water partition coefficient (Wildman–Crippen LogP) is 6.46. The highest BCUT2D eigenvalue weighted by Gasteiger charge is 2.70. The Morgan fingerprint density at radius 3 is 2.25 bits per heavy atom. The molecule has 3 aliphatic heterocycles. The topological polar surface area (TPSA) is 66.5 Å². The Balaban J connectivity index is 1.53. The molecule has 4 atom stereocenters. The molecule has 40 heavy (non-hydrogen) atoms. The number of rotatable bonds is 4. The van der Waals surface area contributed by atoms with Gasteiger partial charge in [-0.1, -0.05) is 54.1 Å². The van der Waals surface area contributed by atoms with Gasteiger partial charge in [0.1, 0.15) is 17.3 Å². The van der Waals surface area contributed by atoms with Crippen molar-refractivity contribution in [3.05, 3.63) is 142 Å². The number of benzene rings is 4. The van der Waals surface area contributed by atoms with Gasteiger partial charge in [0.05, 0.1) is 12.0 Å². The summed E-state index contributed by atoms with van der Waals surface area (Å²) in [6.07, 6.45) is 3.73. The summed E-state index contributed by atoms with van der Waals surface area (Å²) in [5.41, 5.74) is 2.20. The van der Waals surface area contributed by atoms with E-state index in [-0.39, 0.29) is 17.3 Å². The van der Waals surface area contributed by atoms with Gasteiger partial charge in [-0.3, -0.25) is 14.4 Å². The van der Waals surface area contributed by atoms with Crippen LogP contribution >= 0.6 is 11.6 Å². The molecule has 4 aromatic carbocycles. The molecule has 0 aliphatic carbocycles. The maximum Gasteiger partial charge on any atom is 0.238 e. The van der Waals surface area contributed by atoms with Crippen LogP contribution in [0.25, 0.3) is 6.08 Å². The lowest BCUT2D eigenvalue weighted by atomic mass is 9.62. The Labute approximate surface area is 234 Å². The highest BCUT2D eigenvalue weighted by atomic mass is 35.5. The van der Waals surface area contributed by atoms with Crippen molar-refractivity contribution < 1.29 is 18.8 Å². The van der Waals surface area contributed by atoms with Crippen LogP contribution in [0.4, 0.5) is 10.1 Å². The third-order valence-corrected chi connectivity index (χ3v) is 8.63. The number of amides is 1. The molecule has 1 amide bonds. The number of ketones is 2. The summed E-state index contributed by atoms with van der Waals surface area (Å²) >= 11 is 6.12. The summed E-state index contributed by atoms with van der Waals surface area (Å²) in [6.45, 7) is 0. The number of hydrogen-bond donors (Lipinski definition) is 1. The smallest absolute Gasteiger partial charge is 0.238 e. The minimum Gasteiger partial charge on any atom is -0.358 e. The van der Waals surface area contributed by atoms with Crippen LogP contribution in [0.3, 0.4) is 0 Å². The molecule has 1 spiro atoms. The van der Waals surface area contributed by atoms with Crippen molar-refractivity contribution in [3.63, 3.8) is 0 Å². The second kappa shape index (κ2) is 9.00. The molecular formula is C33H22ClFN2O3. The molecule has 3 heterocycles. The predicted molar refractivity (Wildman–Crippen MR) is 151 cm³/mol. The van der Waals surface area contributed by atoms with Crippen molar-refractivity contribution in [2.75, 3.05) is 5.32 Å². The van der Waals surface area contributed by atoms with E-state index in [1.165, 1.54) is 24.3 Å². The minimum atomic E-state index is -1.43. The van der Waals surface area contributed by atoms with Gasteiger partial charge in [-0.25, -0.2) is 4.39 Å². The van der Waals surface area contributed by atoms with Crippen LogP contribution < -0.4 is 5.32 Å². The molecule has 0 radical (unpaired) electrons. The molecule has 7 heteroatoms. The first-order valence-electron chi connectivity index (χ1n) is 13.0. The van der Waals surface area contributed by atoms with Gasteiger partial charge < -0.3 is 10.2 Å². The van der Waals surface area contributed by atoms with Crippen LogP contribution in [0.15, 0.2) is 103 Å². The number of anilines is 1. The first-order chi connectivity index (χ1) is 19.4. The van der Waals surface area contributed by atoms with E-state index in [2.05, 4.69) is 5.32 Å². The summed E-state index contributed by atoms with van der Waals surface area (Å²) in [4.78, 5) is 45.3.